The average molecular weight is 264 g/mol. The standard InChI is InChI=1S/C15H24N2S/c1-11(2)14(10-16)17(3)13-6-7-15-12(9-13)5-4-8-18-15/h6-7,9,11,14H,4-5,8,10,16H2,1-3H3. The number of aryl methyl sites for hydroxylation is 1. The van der Waals surface area contributed by atoms with Crippen LogP contribution in [0.1, 0.15) is 25.8 Å². The second-order valence-electron chi connectivity index (χ2n) is 5.40. The van der Waals surface area contributed by atoms with Gasteiger partial charge in [0.25, 0.3) is 0 Å². The van der Waals surface area contributed by atoms with Crippen molar-refractivity contribution in [1.29, 1.82) is 0 Å². The summed E-state index contributed by atoms with van der Waals surface area (Å²) < 4.78 is 0. The number of rotatable bonds is 4. The number of nitrogens with zero attached hydrogens (tertiary/aromatic N) is 1. The van der Waals surface area contributed by atoms with Gasteiger partial charge in [0.2, 0.25) is 0 Å². The number of anilines is 1. The Labute approximate surface area is 115 Å². The molecule has 1 aliphatic heterocycles. The summed E-state index contributed by atoms with van der Waals surface area (Å²) in [6, 6.07) is 7.28. The molecule has 1 aromatic carbocycles. The van der Waals surface area contributed by atoms with Crippen molar-refractivity contribution in [2.45, 2.75) is 37.6 Å². The molecule has 1 aliphatic rings. The van der Waals surface area contributed by atoms with Crippen molar-refractivity contribution in [3.8, 4) is 0 Å². The molecular formula is C15H24N2S. The molecule has 1 heterocycles. The van der Waals surface area contributed by atoms with Crippen LogP contribution in [0.4, 0.5) is 5.69 Å². The van der Waals surface area contributed by atoms with E-state index >= 15 is 0 Å². The van der Waals surface area contributed by atoms with Crippen molar-refractivity contribution >= 4 is 17.4 Å². The Bertz CT molecular complexity index is 403. The summed E-state index contributed by atoms with van der Waals surface area (Å²) in [5.74, 6) is 1.84. The van der Waals surface area contributed by atoms with Crippen molar-refractivity contribution in [3.63, 3.8) is 0 Å². The monoisotopic (exact) mass is 264 g/mol. The number of likely N-dealkylation sites (N-methyl/N-ethyl adjacent to an activating group) is 1. The Hall–Kier alpha value is -0.670. The van der Waals surface area contributed by atoms with E-state index in [1.807, 2.05) is 11.8 Å². The summed E-state index contributed by atoms with van der Waals surface area (Å²) in [6.07, 6.45) is 2.52. The summed E-state index contributed by atoms with van der Waals surface area (Å²) >= 11 is 1.99. The number of fused-ring (bicyclic) bond motifs is 1. The molecule has 18 heavy (non-hydrogen) atoms. The van der Waals surface area contributed by atoms with Gasteiger partial charge in [0, 0.05) is 30.2 Å². The molecule has 0 aromatic heterocycles. The van der Waals surface area contributed by atoms with Gasteiger partial charge in [-0.05, 0) is 48.3 Å². The van der Waals surface area contributed by atoms with Gasteiger partial charge in [-0.1, -0.05) is 13.8 Å². The molecule has 0 saturated heterocycles. The fourth-order valence-corrected chi connectivity index (χ4v) is 3.65. The molecule has 0 saturated carbocycles. The van der Waals surface area contributed by atoms with Gasteiger partial charge in [0.05, 0.1) is 0 Å². The quantitative estimate of drug-likeness (QED) is 0.906. The summed E-state index contributed by atoms with van der Waals surface area (Å²) in [5, 5.41) is 0. The summed E-state index contributed by atoms with van der Waals surface area (Å²) in [4.78, 5) is 3.80. The summed E-state index contributed by atoms with van der Waals surface area (Å²) in [7, 11) is 2.16. The summed E-state index contributed by atoms with van der Waals surface area (Å²) in [5.41, 5.74) is 8.72. The van der Waals surface area contributed by atoms with Crippen molar-refractivity contribution in [2.75, 3.05) is 24.2 Å². The van der Waals surface area contributed by atoms with E-state index in [9.17, 15) is 0 Å². The van der Waals surface area contributed by atoms with Gasteiger partial charge in [-0.2, -0.15) is 0 Å². The first-order chi connectivity index (χ1) is 8.63. The Morgan fingerprint density at radius 2 is 2.17 bits per heavy atom. The predicted octanol–water partition coefficient (Wildman–Crippen LogP) is 3.14. The molecule has 3 heteroatoms. The van der Waals surface area contributed by atoms with Gasteiger partial charge >= 0.3 is 0 Å². The molecule has 0 amide bonds. The van der Waals surface area contributed by atoms with Crippen LogP contribution >= 0.6 is 11.8 Å². The van der Waals surface area contributed by atoms with Crippen LogP contribution in [0.25, 0.3) is 0 Å². The average Bonchev–Trinajstić information content (AvgIpc) is 2.38. The molecule has 0 radical (unpaired) electrons. The smallest absolute Gasteiger partial charge is 0.0431 e. The normalized spacial score (nSPS) is 16.5. The van der Waals surface area contributed by atoms with Gasteiger partial charge in [0.15, 0.2) is 0 Å². The van der Waals surface area contributed by atoms with E-state index in [2.05, 4.69) is 44.0 Å². The molecule has 1 aromatic rings. The number of hydrogen-bond donors (Lipinski definition) is 1. The van der Waals surface area contributed by atoms with Gasteiger partial charge in [-0.3, -0.25) is 0 Å². The zero-order chi connectivity index (χ0) is 13.1. The van der Waals surface area contributed by atoms with Gasteiger partial charge in [-0.25, -0.2) is 0 Å². The molecule has 2 rings (SSSR count). The highest BCUT2D eigenvalue weighted by Crippen LogP contribution is 2.33. The lowest BCUT2D eigenvalue weighted by molar-refractivity contribution is 0.479. The fourth-order valence-electron chi connectivity index (χ4n) is 2.64. The zero-order valence-corrected chi connectivity index (χ0v) is 12.5. The van der Waals surface area contributed by atoms with Crippen molar-refractivity contribution in [2.24, 2.45) is 11.7 Å². The van der Waals surface area contributed by atoms with Crippen LogP contribution in [0.5, 0.6) is 0 Å². The molecule has 1 unspecified atom stereocenters. The van der Waals surface area contributed by atoms with Crippen LogP contribution in [0.2, 0.25) is 0 Å². The summed E-state index contributed by atoms with van der Waals surface area (Å²) in [6.45, 7) is 5.19. The van der Waals surface area contributed by atoms with E-state index in [-0.39, 0.29) is 0 Å². The fraction of sp³-hybridized carbons (Fsp3) is 0.600. The lowest BCUT2D eigenvalue weighted by atomic mass is 10.0. The number of benzene rings is 1. The Balaban J connectivity index is 2.22. The third-order valence-electron chi connectivity index (χ3n) is 3.81. The molecular weight excluding hydrogens is 240 g/mol. The van der Waals surface area contributed by atoms with Crippen LogP contribution in [0, 0.1) is 5.92 Å². The molecule has 0 aliphatic carbocycles. The number of nitrogens with two attached hydrogens (primary N) is 1. The first-order valence-electron chi connectivity index (χ1n) is 6.82. The van der Waals surface area contributed by atoms with E-state index < -0.39 is 0 Å². The van der Waals surface area contributed by atoms with E-state index in [1.165, 1.54) is 34.7 Å². The number of hydrogen-bond acceptors (Lipinski definition) is 3. The predicted molar refractivity (Wildman–Crippen MR) is 81.6 cm³/mol. The van der Waals surface area contributed by atoms with E-state index in [1.54, 1.807) is 0 Å². The second kappa shape index (κ2) is 5.98. The van der Waals surface area contributed by atoms with Crippen molar-refractivity contribution in [3.05, 3.63) is 23.8 Å². The van der Waals surface area contributed by atoms with Crippen LogP contribution < -0.4 is 10.6 Å². The van der Waals surface area contributed by atoms with E-state index in [0.29, 0.717) is 18.5 Å². The third kappa shape index (κ3) is 2.83. The molecule has 2 N–H and O–H groups in total. The third-order valence-corrected chi connectivity index (χ3v) is 5.01. The van der Waals surface area contributed by atoms with Crippen LogP contribution in [-0.4, -0.2) is 25.4 Å². The lowest BCUT2D eigenvalue weighted by Gasteiger charge is -2.33. The van der Waals surface area contributed by atoms with Crippen molar-refractivity contribution < 1.29 is 0 Å². The topological polar surface area (TPSA) is 29.3 Å². The van der Waals surface area contributed by atoms with Gasteiger partial charge < -0.3 is 10.6 Å². The molecule has 100 valence electrons. The maximum atomic E-state index is 5.90. The molecule has 2 nitrogen and oxygen atoms in total. The van der Waals surface area contributed by atoms with Gasteiger partial charge in [-0.15, -0.1) is 11.8 Å². The van der Waals surface area contributed by atoms with Crippen LogP contribution in [-0.2, 0) is 6.42 Å². The minimum atomic E-state index is 0.416. The zero-order valence-electron chi connectivity index (χ0n) is 11.6. The van der Waals surface area contributed by atoms with E-state index in [4.69, 9.17) is 5.73 Å². The largest absolute Gasteiger partial charge is 0.370 e. The Morgan fingerprint density at radius 3 is 2.83 bits per heavy atom. The Kier molecular flexibility index (Phi) is 4.57. The van der Waals surface area contributed by atoms with Crippen molar-refractivity contribution in [1.82, 2.24) is 0 Å². The van der Waals surface area contributed by atoms with E-state index in [0.717, 1.165) is 0 Å². The molecule has 0 fully saturated rings. The SMILES string of the molecule is CC(C)C(CN)N(C)c1ccc2c(c1)CCCS2. The van der Waals surface area contributed by atoms with Crippen LogP contribution in [0.15, 0.2) is 23.1 Å². The molecule has 0 bridgehead atoms. The maximum absolute atomic E-state index is 5.90. The number of thioether (sulfide) groups is 1. The molecule has 0 spiro atoms. The Morgan fingerprint density at radius 1 is 1.39 bits per heavy atom. The highest BCUT2D eigenvalue weighted by Gasteiger charge is 2.19. The minimum absolute atomic E-state index is 0.416. The minimum Gasteiger partial charge on any atom is -0.370 e. The lowest BCUT2D eigenvalue weighted by Crippen LogP contribution is -2.41. The second-order valence-corrected chi connectivity index (χ2v) is 6.54. The highest BCUT2D eigenvalue weighted by atomic mass is 32.2. The highest BCUT2D eigenvalue weighted by molar-refractivity contribution is 7.99. The van der Waals surface area contributed by atoms with Gasteiger partial charge in [0.1, 0.15) is 0 Å². The maximum Gasteiger partial charge on any atom is 0.0431 e. The first-order valence-corrected chi connectivity index (χ1v) is 7.80. The first kappa shape index (κ1) is 13.8. The molecule has 1 atom stereocenters. The van der Waals surface area contributed by atoms with Crippen LogP contribution in [0.3, 0.4) is 0 Å².